The van der Waals surface area contributed by atoms with E-state index in [2.05, 4.69) is 5.32 Å². The molecule has 1 atom stereocenters. The first-order chi connectivity index (χ1) is 14.7. The number of hydrogen-bond donors (Lipinski definition) is 1. The molecule has 1 aliphatic rings. The van der Waals surface area contributed by atoms with Crippen LogP contribution in [0.2, 0.25) is 0 Å². The fourth-order valence-electron chi connectivity index (χ4n) is 3.80. The first kappa shape index (κ1) is 22.8. The van der Waals surface area contributed by atoms with Crippen LogP contribution in [0.15, 0.2) is 42.5 Å². The minimum atomic E-state index is -0.540. The normalized spacial score (nSPS) is 15.9. The van der Waals surface area contributed by atoms with Crippen molar-refractivity contribution >= 4 is 11.8 Å². The van der Waals surface area contributed by atoms with Crippen LogP contribution in [0, 0.1) is 11.2 Å². The molecule has 0 radical (unpaired) electrons. The maximum Gasteiger partial charge on any atom is 0.257 e. The van der Waals surface area contributed by atoms with Crippen LogP contribution in [0.25, 0.3) is 0 Å². The molecule has 0 aliphatic carbocycles. The van der Waals surface area contributed by atoms with Crippen molar-refractivity contribution in [3.05, 3.63) is 65.0 Å². The molecule has 0 spiro atoms. The van der Waals surface area contributed by atoms with E-state index in [4.69, 9.17) is 4.74 Å². The molecule has 6 heteroatoms. The average Bonchev–Trinajstić information content (AvgIpc) is 2.74. The molecular formula is C25H31FN2O3. The Labute approximate surface area is 183 Å². The molecular weight excluding hydrogens is 395 g/mol. The highest BCUT2D eigenvalue weighted by atomic mass is 19.1. The number of halogens is 1. The van der Waals surface area contributed by atoms with E-state index >= 15 is 0 Å². The lowest BCUT2D eigenvalue weighted by Crippen LogP contribution is -2.45. The Morgan fingerprint density at radius 1 is 1.16 bits per heavy atom. The lowest BCUT2D eigenvalue weighted by molar-refractivity contribution is -0.141. The number of amides is 2. The van der Waals surface area contributed by atoms with E-state index in [1.165, 1.54) is 12.1 Å². The maximum atomic E-state index is 13.6. The van der Waals surface area contributed by atoms with Gasteiger partial charge in [-0.2, -0.15) is 0 Å². The van der Waals surface area contributed by atoms with Crippen LogP contribution >= 0.6 is 0 Å². The molecule has 2 amide bonds. The third-order valence-electron chi connectivity index (χ3n) is 5.38. The van der Waals surface area contributed by atoms with Gasteiger partial charge in [0.25, 0.3) is 5.91 Å². The maximum absolute atomic E-state index is 13.6. The predicted octanol–water partition coefficient (Wildman–Crippen LogP) is 4.25. The molecule has 1 N–H and O–H groups in total. The summed E-state index contributed by atoms with van der Waals surface area (Å²) >= 11 is 0. The summed E-state index contributed by atoms with van der Waals surface area (Å²) in [6.45, 7) is 8.84. The van der Waals surface area contributed by atoms with E-state index in [0.29, 0.717) is 18.8 Å². The Balaban J connectivity index is 1.95. The Hall–Kier alpha value is -2.89. The summed E-state index contributed by atoms with van der Waals surface area (Å²) in [5.74, 6) is 0.128. The van der Waals surface area contributed by atoms with E-state index < -0.39 is 5.41 Å². The molecule has 0 saturated heterocycles. The third-order valence-corrected chi connectivity index (χ3v) is 5.38. The van der Waals surface area contributed by atoms with Gasteiger partial charge in [0.2, 0.25) is 5.91 Å². The van der Waals surface area contributed by atoms with Gasteiger partial charge in [-0.05, 0) is 53.8 Å². The number of rotatable bonds is 6. The van der Waals surface area contributed by atoms with Crippen molar-refractivity contribution in [2.45, 2.75) is 46.6 Å². The monoisotopic (exact) mass is 426 g/mol. The fourth-order valence-corrected chi connectivity index (χ4v) is 3.80. The minimum Gasteiger partial charge on any atom is -0.484 e. The van der Waals surface area contributed by atoms with E-state index in [1.807, 2.05) is 50.8 Å². The molecule has 1 aliphatic heterocycles. The Morgan fingerprint density at radius 3 is 2.52 bits per heavy atom. The van der Waals surface area contributed by atoms with Crippen LogP contribution in [0.5, 0.6) is 5.75 Å². The summed E-state index contributed by atoms with van der Waals surface area (Å²) < 4.78 is 19.3. The molecule has 1 unspecified atom stereocenters. The highest BCUT2D eigenvalue weighted by Gasteiger charge is 2.37. The lowest BCUT2D eigenvalue weighted by Gasteiger charge is -2.41. The van der Waals surface area contributed by atoms with Crippen molar-refractivity contribution in [2.75, 3.05) is 19.7 Å². The van der Waals surface area contributed by atoms with Crippen LogP contribution in [0.3, 0.4) is 0 Å². The van der Waals surface area contributed by atoms with Gasteiger partial charge in [0.1, 0.15) is 11.6 Å². The lowest BCUT2D eigenvalue weighted by atomic mass is 9.85. The van der Waals surface area contributed by atoms with Gasteiger partial charge in [-0.15, -0.1) is 0 Å². The zero-order valence-corrected chi connectivity index (χ0v) is 18.7. The Morgan fingerprint density at radius 2 is 1.87 bits per heavy atom. The summed E-state index contributed by atoms with van der Waals surface area (Å²) in [4.78, 5) is 27.0. The molecule has 2 aromatic rings. The van der Waals surface area contributed by atoms with Crippen LogP contribution in [-0.4, -0.2) is 36.4 Å². The molecule has 166 valence electrons. The predicted molar refractivity (Wildman–Crippen MR) is 118 cm³/mol. The largest absolute Gasteiger partial charge is 0.484 e. The second kappa shape index (κ2) is 9.50. The number of nitrogens with zero attached hydrogens (tertiary/aromatic N) is 1. The van der Waals surface area contributed by atoms with Gasteiger partial charge in [0.15, 0.2) is 6.61 Å². The summed E-state index contributed by atoms with van der Waals surface area (Å²) in [5, 5.41) is 2.79. The minimum absolute atomic E-state index is 0.0396. The third kappa shape index (κ3) is 5.43. The zero-order valence-electron chi connectivity index (χ0n) is 18.7. The topological polar surface area (TPSA) is 58.6 Å². The highest BCUT2D eigenvalue weighted by Crippen LogP contribution is 2.39. The standard InChI is InChI=1S/C25H31FN2O3/c1-5-13-27-22(29)16-31-20-11-8-17-12-14-28(24(30)25(2,3)4)23(21(17)15-20)18-6-9-19(26)10-7-18/h6-11,15,23H,5,12-14,16H2,1-4H3,(H,27,29). The van der Waals surface area contributed by atoms with Crippen molar-refractivity contribution in [1.82, 2.24) is 10.2 Å². The van der Waals surface area contributed by atoms with Crippen molar-refractivity contribution in [1.29, 1.82) is 0 Å². The van der Waals surface area contributed by atoms with Gasteiger partial charge in [-0.3, -0.25) is 9.59 Å². The molecule has 2 aromatic carbocycles. The van der Waals surface area contributed by atoms with Gasteiger partial charge >= 0.3 is 0 Å². The van der Waals surface area contributed by atoms with Gasteiger partial charge in [0.05, 0.1) is 6.04 Å². The van der Waals surface area contributed by atoms with Crippen LogP contribution < -0.4 is 10.1 Å². The molecule has 0 saturated carbocycles. The smallest absolute Gasteiger partial charge is 0.257 e. The van der Waals surface area contributed by atoms with Crippen LogP contribution in [0.4, 0.5) is 4.39 Å². The summed E-state index contributed by atoms with van der Waals surface area (Å²) in [6.07, 6.45) is 1.59. The van der Waals surface area contributed by atoms with Gasteiger partial charge < -0.3 is 15.0 Å². The summed E-state index contributed by atoms with van der Waals surface area (Å²) in [7, 11) is 0. The Kier molecular flexibility index (Phi) is 6.98. The van der Waals surface area contributed by atoms with Gasteiger partial charge in [-0.25, -0.2) is 4.39 Å². The number of ether oxygens (including phenoxy) is 1. The second-order valence-electron chi connectivity index (χ2n) is 8.95. The number of fused-ring (bicyclic) bond motifs is 1. The number of carbonyl (C=O) groups excluding carboxylic acids is 2. The van der Waals surface area contributed by atoms with Crippen molar-refractivity contribution in [3.63, 3.8) is 0 Å². The molecule has 3 rings (SSSR count). The van der Waals surface area contributed by atoms with Gasteiger partial charge in [0, 0.05) is 18.5 Å². The van der Waals surface area contributed by atoms with E-state index in [9.17, 15) is 14.0 Å². The summed E-state index contributed by atoms with van der Waals surface area (Å²) in [5.41, 5.74) is 2.37. The molecule has 0 fully saturated rings. The number of carbonyl (C=O) groups is 2. The highest BCUT2D eigenvalue weighted by molar-refractivity contribution is 5.83. The molecule has 0 aromatic heterocycles. The SMILES string of the molecule is CCCNC(=O)COc1ccc2c(c1)C(c1ccc(F)cc1)N(C(=O)C(C)(C)C)CC2. The molecule has 1 heterocycles. The van der Waals surface area contributed by atoms with E-state index in [-0.39, 0.29) is 30.3 Å². The van der Waals surface area contributed by atoms with Crippen molar-refractivity contribution < 1.29 is 18.7 Å². The van der Waals surface area contributed by atoms with Crippen LogP contribution in [-0.2, 0) is 16.0 Å². The van der Waals surface area contributed by atoms with E-state index in [0.717, 1.165) is 29.5 Å². The average molecular weight is 427 g/mol. The first-order valence-corrected chi connectivity index (χ1v) is 10.8. The summed E-state index contributed by atoms with van der Waals surface area (Å²) in [6, 6.07) is 11.7. The fraction of sp³-hybridized carbons (Fsp3) is 0.440. The molecule has 5 nitrogen and oxygen atoms in total. The van der Waals surface area contributed by atoms with Gasteiger partial charge in [-0.1, -0.05) is 45.9 Å². The van der Waals surface area contributed by atoms with Crippen LogP contribution in [0.1, 0.15) is 56.8 Å². The zero-order chi connectivity index (χ0) is 22.6. The van der Waals surface area contributed by atoms with Crippen molar-refractivity contribution in [2.24, 2.45) is 5.41 Å². The Bertz CT molecular complexity index is 935. The van der Waals surface area contributed by atoms with Crippen molar-refractivity contribution in [3.8, 4) is 5.75 Å². The second-order valence-corrected chi connectivity index (χ2v) is 8.95. The number of nitrogens with one attached hydrogen (secondary N) is 1. The molecule has 31 heavy (non-hydrogen) atoms. The number of benzene rings is 2. The molecule has 0 bridgehead atoms. The first-order valence-electron chi connectivity index (χ1n) is 10.8. The quantitative estimate of drug-likeness (QED) is 0.751. The number of hydrogen-bond acceptors (Lipinski definition) is 3. The van der Waals surface area contributed by atoms with E-state index in [1.54, 1.807) is 12.1 Å².